The van der Waals surface area contributed by atoms with Crippen LogP contribution < -0.4 is 0 Å². The van der Waals surface area contributed by atoms with E-state index in [1.807, 2.05) is 19.9 Å². The van der Waals surface area contributed by atoms with Crippen molar-refractivity contribution in [2.45, 2.75) is 57.5 Å². The topological polar surface area (TPSA) is 35.5 Å². The van der Waals surface area contributed by atoms with Gasteiger partial charge in [-0.2, -0.15) is 0 Å². The first-order valence-corrected chi connectivity index (χ1v) is 6.94. The fraction of sp³-hybridized carbons (Fsp3) is 0.562. The highest BCUT2D eigenvalue weighted by Gasteiger charge is 2.34. The fourth-order valence-corrected chi connectivity index (χ4v) is 2.59. The average molecular weight is 262 g/mol. The zero-order chi connectivity index (χ0) is 13.7. The molecule has 1 fully saturated rings. The van der Waals surface area contributed by atoms with Gasteiger partial charge in [-0.05, 0) is 38.7 Å². The highest BCUT2D eigenvalue weighted by atomic mass is 16.7. The van der Waals surface area contributed by atoms with E-state index in [1.54, 1.807) is 0 Å². The highest BCUT2D eigenvalue weighted by Crippen LogP contribution is 2.28. The molecule has 0 spiro atoms. The Labute approximate surface area is 114 Å². The van der Waals surface area contributed by atoms with Crippen LogP contribution in [0.1, 0.15) is 38.7 Å². The summed E-state index contributed by atoms with van der Waals surface area (Å²) in [5.41, 5.74) is 1.35. The molecule has 1 heterocycles. The lowest BCUT2D eigenvalue weighted by atomic mass is 10.0. The molecular formula is C16H22O3. The van der Waals surface area contributed by atoms with Crippen molar-refractivity contribution in [3.63, 3.8) is 0 Å². The number of aryl methyl sites for hydroxylation is 1. The molecule has 0 N–H and O–H groups in total. The Hall–Kier alpha value is -1.19. The normalized spacial score (nSPS) is 26.0. The van der Waals surface area contributed by atoms with Gasteiger partial charge in [-0.25, -0.2) is 0 Å². The number of hydrogen-bond donors (Lipinski definition) is 0. The summed E-state index contributed by atoms with van der Waals surface area (Å²) in [4.78, 5) is 10.9. The van der Waals surface area contributed by atoms with Crippen LogP contribution in [0.2, 0.25) is 0 Å². The van der Waals surface area contributed by atoms with Crippen LogP contribution in [0.3, 0.4) is 0 Å². The van der Waals surface area contributed by atoms with Gasteiger partial charge in [-0.3, -0.25) is 0 Å². The van der Waals surface area contributed by atoms with Gasteiger partial charge in [0.15, 0.2) is 5.79 Å². The minimum atomic E-state index is -0.652. The molecule has 0 bridgehead atoms. The number of hydrogen-bond acceptors (Lipinski definition) is 3. The lowest BCUT2D eigenvalue weighted by molar-refractivity contribution is -0.291. The molecule has 0 radical (unpaired) electrons. The van der Waals surface area contributed by atoms with E-state index in [-0.39, 0.29) is 12.2 Å². The van der Waals surface area contributed by atoms with Crippen LogP contribution in [-0.2, 0) is 20.7 Å². The number of carbonyl (C=O) groups is 1. The van der Waals surface area contributed by atoms with Crippen LogP contribution >= 0.6 is 0 Å². The zero-order valence-corrected chi connectivity index (χ0v) is 11.7. The molecule has 1 aliphatic rings. The third kappa shape index (κ3) is 4.44. The van der Waals surface area contributed by atoms with Gasteiger partial charge in [-0.15, -0.1) is 0 Å². The van der Waals surface area contributed by atoms with E-state index in [0.717, 1.165) is 25.5 Å². The SMILES string of the molecule is CC1(C)O[C@@H](CCCc2ccccc2)C[C@H](C=O)O1. The molecule has 0 amide bonds. The first-order valence-electron chi connectivity index (χ1n) is 6.94. The van der Waals surface area contributed by atoms with Crippen LogP contribution in [0, 0.1) is 0 Å². The Morgan fingerprint density at radius 1 is 1.26 bits per heavy atom. The van der Waals surface area contributed by atoms with Crippen LogP contribution in [0.25, 0.3) is 0 Å². The van der Waals surface area contributed by atoms with Gasteiger partial charge in [0.2, 0.25) is 0 Å². The number of carbonyl (C=O) groups excluding carboxylic acids is 1. The minimum Gasteiger partial charge on any atom is -0.347 e. The predicted molar refractivity (Wildman–Crippen MR) is 73.9 cm³/mol. The summed E-state index contributed by atoms with van der Waals surface area (Å²) < 4.78 is 11.4. The van der Waals surface area contributed by atoms with Gasteiger partial charge in [0.1, 0.15) is 12.4 Å². The molecule has 104 valence electrons. The lowest BCUT2D eigenvalue weighted by Crippen LogP contribution is -2.45. The van der Waals surface area contributed by atoms with Gasteiger partial charge in [0.25, 0.3) is 0 Å². The molecule has 2 rings (SSSR count). The summed E-state index contributed by atoms with van der Waals surface area (Å²) in [6, 6.07) is 10.4. The maximum absolute atomic E-state index is 10.9. The van der Waals surface area contributed by atoms with Crippen molar-refractivity contribution in [1.29, 1.82) is 0 Å². The van der Waals surface area contributed by atoms with Gasteiger partial charge in [-0.1, -0.05) is 30.3 Å². The van der Waals surface area contributed by atoms with E-state index in [0.29, 0.717) is 6.42 Å². The predicted octanol–water partition coefficient (Wildman–Crippen LogP) is 3.12. The van der Waals surface area contributed by atoms with Gasteiger partial charge >= 0.3 is 0 Å². The summed E-state index contributed by atoms with van der Waals surface area (Å²) in [6.45, 7) is 3.74. The molecule has 2 atom stereocenters. The van der Waals surface area contributed by atoms with Crippen molar-refractivity contribution in [2.24, 2.45) is 0 Å². The number of rotatable bonds is 5. The molecule has 0 unspecified atom stereocenters. The number of ether oxygens (including phenoxy) is 2. The van der Waals surface area contributed by atoms with E-state index < -0.39 is 5.79 Å². The minimum absolute atomic E-state index is 0.114. The molecule has 1 aromatic rings. The lowest BCUT2D eigenvalue weighted by Gasteiger charge is -2.39. The summed E-state index contributed by atoms with van der Waals surface area (Å²) >= 11 is 0. The Kier molecular flexibility index (Phi) is 4.72. The molecule has 0 saturated carbocycles. The van der Waals surface area contributed by atoms with E-state index in [2.05, 4.69) is 24.3 Å². The number of benzene rings is 1. The van der Waals surface area contributed by atoms with E-state index in [9.17, 15) is 4.79 Å². The Morgan fingerprint density at radius 2 is 2.00 bits per heavy atom. The second-order valence-electron chi connectivity index (χ2n) is 5.55. The summed E-state index contributed by atoms with van der Waals surface area (Å²) in [6.07, 6.45) is 4.42. The molecular weight excluding hydrogens is 240 g/mol. The van der Waals surface area contributed by atoms with Crippen molar-refractivity contribution in [1.82, 2.24) is 0 Å². The average Bonchev–Trinajstić information content (AvgIpc) is 2.38. The van der Waals surface area contributed by atoms with Crippen molar-refractivity contribution in [3.05, 3.63) is 35.9 Å². The number of aldehydes is 1. The second kappa shape index (κ2) is 6.31. The van der Waals surface area contributed by atoms with E-state index in [4.69, 9.17) is 9.47 Å². The van der Waals surface area contributed by atoms with Crippen molar-refractivity contribution >= 4 is 6.29 Å². The summed E-state index contributed by atoms with van der Waals surface area (Å²) in [5, 5.41) is 0. The molecule has 1 saturated heterocycles. The maximum Gasteiger partial charge on any atom is 0.164 e. The Balaban J connectivity index is 1.80. The van der Waals surface area contributed by atoms with Crippen molar-refractivity contribution in [3.8, 4) is 0 Å². The Morgan fingerprint density at radius 3 is 2.68 bits per heavy atom. The summed E-state index contributed by atoms with van der Waals surface area (Å²) in [7, 11) is 0. The van der Waals surface area contributed by atoms with Crippen LogP contribution in [0.5, 0.6) is 0 Å². The quantitative estimate of drug-likeness (QED) is 0.765. The molecule has 3 nitrogen and oxygen atoms in total. The molecule has 1 aliphatic heterocycles. The van der Waals surface area contributed by atoms with Crippen LogP contribution in [-0.4, -0.2) is 24.3 Å². The van der Waals surface area contributed by atoms with Crippen LogP contribution in [0.4, 0.5) is 0 Å². The molecule has 0 aromatic heterocycles. The van der Waals surface area contributed by atoms with Gasteiger partial charge in [0.05, 0.1) is 6.10 Å². The second-order valence-corrected chi connectivity index (χ2v) is 5.55. The maximum atomic E-state index is 10.9. The highest BCUT2D eigenvalue weighted by molar-refractivity contribution is 5.56. The van der Waals surface area contributed by atoms with Gasteiger partial charge < -0.3 is 14.3 Å². The third-order valence-electron chi connectivity index (χ3n) is 3.37. The monoisotopic (exact) mass is 262 g/mol. The fourth-order valence-electron chi connectivity index (χ4n) is 2.59. The largest absolute Gasteiger partial charge is 0.347 e. The molecule has 0 aliphatic carbocycles. The van der Waals surface area contributed by atoms with E-state index in [1.165, 1.54) is 5.56 Å². The Bertz CT molecular complexity index is 400. The van der Waals surface area contributed by atoms with E-state index >= 15 is 0 Å². The molecule has 1 aromatic carbocycles. The van der Waals surface area contributed by atoms with Crippen molar-refractivity contribution in [2.75, 3.05) is 0 Å². The molecule has 3 heteroatoms. The zero-order valence-electron chi connectivity index (χ0n) is 11.7. The first-order chi connectivity index (χ1) is 9.09. The van der Waals surface area contributed by atoms with Gasteiger partial charge in [0, 0.05) is 6.42 Å². The molecule has 19 heavy (non-hydrogen) atoms. The first kappa shape index (κ1) is 14.2. The standard InChI is InChI=1S/C16H22O3/c1-16(2)18-14(11-15(12-17)19-16)10-6-9-13-7-4-3-5-8-13/h3-5,7-8,12,14-15H,6,9-11H2,1-2H3/t14-,15+/m0/s1. The smallest absolute Gasteiger partial charge is 0.164 e. The third-order valence-corrected chi connectivity index (χ3v) is 3.37. The van der Waals surface area contributed by atoms with Crippen LogP contribution in [0.15, 0.2) is 30.3 Å². The summed E-state index contributed by atoms with van der Waals surface area (Å²) in [5.74, 6) is -0.652. The van der Waals surface area contributed by atoms with Crippen molar-refractivity contribution < 1.29 is 14.3 Å².